The zero-order chi connectivity index (χ0) is 24.6. The van der Waals surface area contributed by atoms with Gasteiger partial charge < -0.3 is 19.7 Å². The monoisotopic (exact) mass is 473 g/mol. The van der Waals surface area contributed by atoms with Crippen molar-refractivity contribution in [2.75, 3.05) is 13.7 Å². The number of amides is 2. The number of fused-ring (bicyclic) bond motifs is 2. The molecule has 7 nitrogen and oxygen atoms in total. The Labute approximate surface area is 205 Å². The van der Waals surface area contributed by atoms with Gasteiger partial charge in [-0.2, -0.15) is 0 Å². The second-order valence-electron chi connectivity index (χ2n) is 8.74. The van der Waals surface area contributed by atoms with Crippen molar-refractivity contribution >= 4 is 29.0 Å². The van der Waals surface area contributed by atoms with Gasteiger partial charge in [-0.1, -0.05) is 24.3 Å². The first-order valence-corrected chi connectivity index (χ1v) is 12.2. The highest BCUT2D eigenvalue weighted by molar-refractivity contribution is 6.01. The number of benzene rings is 2. The summed E-state index contributed by atoms with van der Waals surface area (Å²) in [6.45, 7) is 1.04. The molecule has 0 saturated carbocycles. The van der Waals surface area contributed by atoms with Gasteiger partial charge in [-0.15, -0.1) is 0 Å². The van der Waals surface area contributed by atoms with Crippen LogP contribution in [0, 0.1) is 0 Å². The molecule has 1 aliphatic rings. The molecule has 0 aliphatic carbocycles. The molecule has 2 amide bonds. The van der Waals surface area contributed by atoms with Crippen molar-refractivity contribution in [3.63, 3.8) is 0 Å². The summed E-state index contributed by atoms with van der Waals surface area (Å²) in [5.74, 6) is 0.478. The highest BCUT2D eigenvalue weighted by Gasteiger charge is 2.36. The number of likely N-dealkylation sites (N-methyl/N-ethyl adjacent to an activating group) is 1. The van der Waals surface area contributed by atoms with Crippen molar-refractivity contribution in [3.8, 4) is 5.75 Å². The van der Waals surface area contributed by atoms with E-state index in [-0.39, 0.29) is 18.2 Å². The molecule has 7 heteroatoms. The van der Waals surface area contributed by atoms with Crippen molar-refractivity contribution in [2.45, 2.75) is 51.1 Å². The van der Waals surface area contributed by atoms with E-state index in [4.69, 9.17) is 4.74 Å². The van der Waals surface area contributed by atoms with Gasteiger partial charge in [0.25, 0.3) is 5.91 Å². The minimum absolute atomic E-state index is 0.140. The molecule has 1 aromatic heterocycles. The lowest BCUT2D eigenvalue weighted by Crippen LogP contribution is -2.46. The molecule has 0 fully saturated rings. The zero-order valence-electron chi connectivity index (χ0n) is 20.0. The molecule has 1 atom stereocenters. The summed E-state index contributed by atoms with van der Waals surface area (Å²) in [6.07, 6.45) is 6.90. The lowest BCUT2D eigenvalue weighted by atomic mass is 9.98. The van der Waals surface area contributed by atoms with Crippen LogP contribution in [0.2, 0.25) is 0 Å². The summed E-state index contributed by atoms with van der Waals surface area (Å²) in [4.78, 5) is 42.3. The van der Waals surface area contributed by atoms with Gasteiger partial charge in [-0.25, -0.2) is 0 Å². The SMILES string of the molecule is CNC(=O)C(CCC=O)N1Cc2c(CCCCCOc3ccnc4ccccc34)cccc2C1=O. The second-order valence-corrected chi connectivity index (χ2v) is 8.74. The van der Waals surface area contributed by atoms with E-state index in [1.54, 1.807) is 18.1 Å². The van der Waals surface area contributed by atoms with Gasteiger partial charge in [0, 0.05) is 37.2 Å². The minimum atomic E-state index is -0.639. The van der Waals surface area contributed by atoms with E-state index >= 15 is 0 Å². The maximum absolute atomic E-state index is 13.1. The lowest BCUT2D eigenvalue weighted by molar-refractivity contribution is -0.125. The quantitative estimate of drug-likeness (QED) is 0.316. The zero-order valence-corrected chi connectivity index (χ0v) is 20.0. The third kappa shape index (κ3) is 5.50. The van der Waals surface area contributed by atoms with Crippen LogP contribution in [0.5, 0.6) is 5.75 Å². The summed E-state index contributed by atoms with van der Waals surface area (Å²) < 4.78 is 6.01. The van der Waals surface area contributed by atoms with Gasteiger partial charge in [0.1, 0.15) is 18.1 Å². The van der Waals surface area contributed by atoms with E-state index in [0.29, 0.717) is 25.1 Å². The molecule has 3 aromatic rings. The summed E-state index contributed by atoms with van der Waals surface area (Å²) >= 11 is 0. The largest absolute Gasteiger partial charge is 0.493 e. The number of unbranched alkanes of at least 4 members (excludes halogenated alkanes) is 2. The normalized spacial score (nSPS) is 13.5. The topological polar surface area (TPSA) is 88.6 Å². The summed E-state index contributed by atoms with van der Waals surface area (Å²) in [7, 11) is 1.55. The third-order valence-electron chi connectivity index (χ3n) is 6.53. The van der Waals surface area contributed by atoms with Gasteiger partial charge in [0.05, 0.1) is 12.1 Å². The van der Waals surface area contributed by atoms with Crippen LogP contribution in [0.3, 0.4) is 0 Å². The number of carbonyl (C=O) groups excluding carboxylic acids is 3. The molecule has 182 valence electrons. The predicted octanol–water partition coefficient (Wildman–Crippen LogP) is 4.08. The summed E-state index contributed by atoms with van der Waals surface area (Å²) in [5.41, 5.74) is 3.73. The second kappa shape index (κ2) is 11.6. The van der Waals surface area contributed by atoms with Gasteiger partial charge in [-0.3, -0.25) is 14.6 Å². The minimum Gasteiger partial charge on any atom is -0.493 e. The number of hydrogen-bond acceptors (Lipinski definition) is 5. The number of nitrogens with one attached hydrogen (secondary N) is 1. The van der Waals surface area contributed by atoms with Crippen LogP contribution in [0.4, 0.5) is 0 Å². The molecule has 4 rings (SSSR count). The van der Waals surface area contributed by atoms with Crippen LogP contribution in [0.15, 0.2) is 54.7 Å². The number of para-hydroxylation sites is 1. The average molecular weight is 474 g/mol. The number of nitrogens with zero attached hydrogens (tertiary/aromatic N) is 2. The molecular weight excluding hydrogens is 442 g/mol. The van der Waals surface area contributed by atoms with Crippen LogP contribution >= 0.6 is 0 Å². The van der Waals surface area contributed by atoms with E-state index in [1.165, 1.54) is 0 Å². The number of rotatable bonds is 12. The Bertz CT molecular complexity index is 1200. The number of aryl methyl sites for hydroxylation is 1. The molecule has 0 saturated heterocycles. The molecule has 1 aliphatic heterocycles. The first kappa shape index (κ1) is 24.4. The van der Waals surface area contributed by atoms with Gasteiger partial charge in [-0.05, 0) is 67.5 Å². The molecule has 35 heavy (non-hydrogen) atoms. The maximum atomic E-state index is 13.1. The van der Waals surface area contributed by atoms with Crippen LogP contribution in [-0.2, 0) is 22.6 Å². The van der Waals surface area contributed by atoms with Gasteiger partial charge >= 0.3 is 0 Å². The van der Waals surface area contributed by atoms with Crippen molar-refractivity contribution in [1.29, 1.82) is 0 Å². The van der Waals surface area contributed by atoms with E-state index in [0.717, 1.165) is 59.7 Å². The Morgan fingerprint density at radius 2 is 2.00 bits per heavy atom. The lowest BCUT2D eigenvalue weighted by Gasteiger charge is -2.25. The number of pyridine rings is 1. The van der Waals surface area contributed by atoms with Crippen molar-refractivity contribution < 1.29 is 19.1 Å². The fraction of sp³-hybridized carbons (Fsp3) is 0.357. The number of aldehydes is 1. The molecular formula is C28H31N3O4. The molecule has 2 heterocycles. The Balaban J connectivity index is 1.31. The Morgan fingerprint density at radius 1 is 1.14 bits per heavy atom. The Hall–Kier alpha value is -3.74. The van der Waals surface area contributed by atoms with Crippen molar-refractivity contribution in [1.82, 2.24) is 15.2 Å². The molecule has 0 spiro atoms. The van der Waals surface area contributed by atoms with Crippen LogP contribution in [0.1, 0.15) is 53.6 Å². The third-order valence-corrected chi connectivity index (χ3v) is 6.53. The fourth-order valence-corrected chi connectivity index (χ4v) is 4.70. The van der Waals surface area contributed by atoms with Gasteiger partial charge in [0.15, 0.2) is 0 Å². The first-order valence-electron chi connectivity index (χ1n) is 12.2. The van der Waals surface area contributed by atoms with E-state index < -0.39 is 6.04 Å². The van der Waals surface area contributed by atoms with E-state index in [9.17, 15) is 14.4 Å². The highest BCUT2D eigenvalue weighted by Crippen LogP contribution is 2.30. The molecule has 2 aromatic carbocycles. The Morgan fingerprint density at radius 3 is 2.83 bits per heavy atom. The molecule has 1 N–H and O–H groups in total. The van der Waals surface area contributed by atoms with Crippen molar-refractivity contribution in [2.24, 2.45) is 0 Å². The van der Waals surface area contributed by atoms with E-state index in [1.807, 2.05) is 42.5 Å². The van der Waals surface area contributed by atoms with Crippen LogP contribution in [0.25, 0.3) is 10.9 Å². The fourth-order valence-electron chi connectivity index (χ4n) is 4.70. The highest BCUT2D eigenvalue weighted by atomic mass is 16.5. The number of aromatic nitrogens is 1. The maximum Gasteiger partial charge on any atom is 0.255 e. The predicted molar refractivity (Wildman–Crippen MR) is 134 cm³/mol. The Kier molecular flexibility index (Phi) is 8.08. The van der Waals surface area contributed by atoms with Gasteiger partial charge in [0.2, 0.25) is 5.91 Å². The summed E-state index contributed by atoms with van der Waals surface area (Å²) in [6, 6.07) is 15.0. The van der Waals surface area contributed by atoms with Crippen LogP contribution < -0.4 is 10.1 Å². The number of hydrogen-bond donors (Lipinski definition) is 1. The molecule has 0 bridgehead atoms. The van der Waals surface area contributed by atoms with E-state index in [2.05, 4.69) is 16.4 Å². The molecule has 0 radical (unpaired) electrons. The first-order chi connectivity index (χ1) is 17.1. The average Bonchev–Trinajstić information content (AvgIpc) is 3.23. The molecule has 1 unspecified atom stereocenters. The number of carbonyl (C=O) groups is 3. The van der Waals surface area contributed by atoms with Crippen molar-refractivity contribution in [3.05, 3.63) is 71.4 Å². The smallest absolute Gasteiger partial charge is 0.255 e. The standard InChI is InChI=1S/C28H31N3O4/c1-29-27(33)25(14-8-17-32)31-19-23-20(10-7-12-21(23)28(31)34)9-3-2-6-18-35-26-15-16-30-24-13-5-4-11-22(24)26/h4-5,7,10-13,15-17,25H,2-3,6,8-9,14,18-19H2,1H3,(H,29,33). The summed E-state index contributed by atoms with van der Waals surface area (Å²) in [5, 5.41) is 3.64. The number of ether oxygens (including phenoxy) is 1. The van der Waals surface area contributed by atoms with Crippen LogP contribution in [-0.4, -0.2) is 47.7 Å².